The number of nitrogens with zero attached hydrogens (tertiary/aromatic N) is 1. The molecule has 0 aliphatic rings. The number of benzene rings is 1. The Morgan fingerprint density at radius 2 is 1.81 bits per heavy atom. The molecular weight excluding hydrogens is 367 g/mol. The van der Waals surface area contributed by atoms with Gasteiger partial charge in [-0.1, -0.05) is 30.3 Å². The molecule has 0 unspecified atom stereocenters. The molecule has 3 aromatic rings. The maximum absolute atomic E-state index is 13.2. The topological polar surface area (TPSA) is 86.7 Å². The Kier molecular flexibility index (Phi) is 6.50. The van der Waals surface area contributed by atoms with Crippen LogP contribution >= 0.6 is 7.60 Å². The summed E-state index contributed by atoms with van der Waals surface area (Å²) < 4.78 is 35.3. The smallest absolute Gasteiger partial charge is 0.385 e. The Bertz CT molecular complexity index is 867. The van der Waals surface area contributed by atoms with Gasteiger partial charge in [0.2, 0.25) is 17.2 Å². The van der Waals surface area contributed by atoms with E-state index in [1.807, 2.05) is 36.4 Å². The third-order valence-corrected chi connectivity index (χ3v) is 5.73. The van der Waals surface area contributed by atoms with Gasteiger partial charge in [0.05, 0.1) is 26.0 Å². The van der Waals surface area contributed by atoms with E-state index in [4.69, 9.17) is 17.9 Å². The molecule has 0 saturated carbocycles. The predicted molar refractivity (Wildman–Crippen MR) is 102 cm³/mol. The van der Waals surface area contributed by atoms with Crippen LogP contribution in [0.3, 0.4) is 0 Å². The van der Waals surface area contributed by atoms with Gasteiger partial charge in [0.15, 0.2) is 0 Å². The van der Waals surface area contributed by atoms with Gasteiger partial charge < -0.3 is 23.2 Å². The zero-order valence-electron chi connectivity index (χ0n) is 15.4. The number of oxazole rings is 1. The first-order valence-corrected chi connectivity index (χ1v) is 10.4. The van der Waals surface area contributed by atoms with Crippen molar-refractivity contribution in [3.05, 3.63) is 65.9 Å². The van der Waals surface area contributed by atoms with Crippen molar-refractivity contribution in [1.29, 1.82) is 0 Å². The maximum atomic E-state index is 13.2. The Labute approximate surface area is 158 Å². The van der Waals surface area contributed by atoms with E-state index in [0.29, 0.717) is 24.6 Å². The summed E-state index contributed by atoms with van der Waals surface area (Å²) in [4.78, 5) is 4.44. The normalized spacial score (nSPS) is 11.6. The Morgan fingerprint density at radius 1 is 1.07 bits per heavy atom. The summed E-state index contributed by atoms with van der Waals surface area (Å²) in [6.07, 6.45) is 2.05. The number of hydrogen-bond acceptors (Lipinski definition) is 7. The molecule has 27 heavy (non-hydrogen) atoms. The molecule has 0 amide bonds. The molecule has 0 spiro atoms. The van der Waals surface area contributed by atoms with Crippen LogP contribution in [0.2, 0.25) is 0 Å². The van der Waals surface area contributed by atoms with E-state index in [1.165, 1.54) is 0 Å². The molecule has 0 aliphatic carbocycles. The minimum absolute atomic E-state index is 0.156. The average molecular weight is 390 g/mol. The van der Waals surface area contributed by atoms with E-state index in [-0.39, 0.29) is 24.5 Å². The van der Waals surface area contributed by atoms with Crippen LogP contribution in [-0.2, 0) is 26.6 Å². The SMILES string of the molecule is CCOP(=O)(OCC)c1nc(Cc2ccccc2)oc1NCc1ccco1. The summed E-state index contributed by atoms with van der Waals surface area (Å²) >= 11 is 0. The van der Waals surface area contributed by atoms with E-state index in [1.54, 1.807) is 26.2 Å². The second-order valence-corrected chi connectivity index (χ2v) is 7.62. The van der Waals surface area contributed by atoms with E-state index in [0.717, 1.165) is 5.56 Å². The van der Waals surface area contributed by atoms with Gasteiger partial charge in [-0.2, -0.15) is 0 Å². The first-order valence-electron chi connectivity index (χ1n) is 8.84. The zero-order valence-corrected chi connectivity index (χ0v) is 16.3. The minimum Gasteiger partial charge on any atom is -0.467 e. The highest BCUT2D eigenvalue weighted by atomic mass is 31.2. The highest BCUT2D eigenvalue weighted by Gasteiger charge is 2.35. The van der Waals surface area contributed by atoms with Crippen LogP contribution in [0.5, 0.6) is 0 Å². The molecule has 0 radical (unpaired) electrons. The van der Waals surface area contributed by atoms with Crippen LogP contribution in [0, 0.1) is 0 Å². The third kappa shape index (κ3) is 4.89. The number of rotatable bonds is 10. The molecule has 8 heteroatoms. The van der Waals surface area contributed by atoms with Crippen molar-refractivity contribution in [2.45, 2.75) is 26.8 Å². The van der Waals surface area contributed by atoms with Gasteiger partial charge in [0, 0.05) is 6.42 Å². The van der Waals surface area contributed by atoms with Crippen molar-refractivity contribution in [3.8, 4) is 0 Å². The largest absolute Gasteiger partial charge is 0.467 e. The van der Waals surface area contributed by atoms with E-state index >= 15 is 0 Å². The fraction of sp³-hybridized carbons (Fsp3) is 0.316. The molecule has 3 rings (SSSR count). The molecule has 1 N–H and O–H groups in total. The van der Waals surface area contributed by atoms with Gasteiger partial charge in [-0.15, -0.1) is 0 Å². The Balaban J connectivity index is 1.91. The number of nitrogens with one attached hydrogen (secondary N) is 1. The fourth-order valence-corrected chi connectivity index (χ4v) is 4.19. The first-order chi connectivity index (χ1) is 13.1. The fourth-order valence-electron chi connectivity index (χ4n) is 2.58. The maximum Gasteiger partial charge on any atom is 0.385 e. The van der Waals surface area contributed by atoms with Crippen molar-refractivity contribution < 1.29 is 22.4 Å². The van der Waals surface area contributed by atoms with Crippen molar-refractivity contribution >= 4 is 18.9 Å². The molecule has 7 nitrogen and oxygen atoms in total. The Hall–Kier alpha value is -2.34. The van der Waals surface area contributed by atoms with Gasteiger partial charge in [-0.25, -0.2) is 4.98 Å². The summed E-state index contributed by atoms with van der Waals surface area (Å²) in [5, 5.41) is 3.09. The number of furan rings is 1. The summed E-state index contributed by atoms with van der Waals surface area (Å²) in [5.74, 6) is 1.41. The van der Waals surface area contributed by atoms with Gasteiger partial charge in [-0.05, 0) is 31.5 Å². The zero-order chi connectivity index (χ0) is 19.1. The van der Waals surface area contributed by atoms with Gasteiger partial charge in [0.25, 0.3) is 0 Å². The first kappa shape index (κ1) is 19.4. The highest BCUT2D eigenvalue weighted by molar-refractivity contribution is 7.62. The molecule has 2 aromatic heterocycles. The summed E-state index contributed by atoms with van der Waals surface area (Å²) in [6, 6.07) is 13.4. The summed E-state index contributed by atoms with van der Waals surface area (Å²) in [6.45, 7) is 4.34. The van der Waals surface area contributed by atoms with Crippen molar-refractivity contribution in [3.63, 3.8) is 0 Å². The molecule has 0 aliphatic heterocycles. The lowest BCUT2D eigenvalue weighted by Crippen LogP contribution is -2.16. The van der Waals surface area contributed by atoms with Gasteiger partial charge in [-0.3, -0.25) is 4.57 Å². The predicted octanol–water partition coefficient (Wildman–Crippen LogP) is 4.36. The van der Waals surface area contributed by atoms with Crippen LogP contribution in [0.4, 0.5) is 5.88 Å². The van der Waals surface area contributed by atoms with Crippen molar-refractivity contribution in [1.82, 2.24) is 4.98 Å². The number of aromatic nitrogens is 1. The molecular formula is C19H23N2O5P. The molecule has 1 aromatic carbocycles. The monoisotopic (exact) mass is 390 g/mol. The van der Waals surface area contributed by atoms with Gasteiger partial charge >= 0.3 is 7.60 Å². The second-order valence-electron chi connectivity index (χ2n) is 5.69. The van der Waals surface area contributed by atoms with Crippen LogP contribution in [0.1, 0.15) is 31.1 Å². The van der Waals surface area contributed by atoms with Crippen molar-refractivity contribution in [2.24, 2.45) is 0 Å². The minimum atomic E-state index is -3.60. The highest BCUT2D eigenvalue weighted by Crippen LogP contribution is 2.48. The Morgan fingerprint density at radius 3 is 2.44 bits per heavy atom. The molecule has 0 fully saturated rings. The van der Waals surface area contributed by atoms with Crippen LogP contribution in [0.25, 0.3) is 0 Å². The molecule has 144 valence electrons. The molecule has 2 heterocycles. The summed E-state index contributed by atoms with van der Waals surface area (Å²) in [7, 11) is -3.60. The van der Waals surface area contributed by atoms with E-state index in [2.05, 4.69) is 10.3 Å². The lowest BCUT2D eigenvalue weighted by atomic mass is 10.2. The lowest BCUT2D eigenvalue weighted by molar-refractivity contribution is 0.229. The average Bonchev–Trinajstić information content (AvgIpc) is 3.31. The molecule has 0 saturated heterocycles. The van der Waals surface area contributed by atoms with Crippen LogP contribution < -0.4 is 10.8 Å². The lowest BCUT2D eigenvalue weighted by Gasteiger charge is -2.15. The quantitative estimate of drug-likeness (QED) is 0.515. The number of hydrogen-bond donors (Lipinski definition) is 1. The third-order valence-electron chi connectivity index (χ3n) is 3.71. The summed E-state index contributed by atoms with van der Waals surface area (Å²) in [5.41, 5.74) is 1.19. The van der Waals surface area contributed by atoms with Crippen LogP contribution in [-0.4, -0.2) is 18.2 Å². The molecule has 0 atom stereocenters. The van der Waals surface area contributed by atoms with E-state index < -0.39 is 7.60 Å². The van der Waals surface area contributed by atoms with Crippen LogP contribution in [0.15, 0.2) is 57.6 Å². The van der Waals surface area contributed by atoms with Crippen molar-refractivity contribution in [2.75, 3.05) is 18.5 Å². The number of anilines is 1. The van der Waals surface area contributed by atoms with E-state index in [9.17, 15) is 4.57 Å². The second kappa shape index (κ2) is 9.04. The standard InChI is InChI=1S/C19H23N2O5P/c1-3-24-27(22,25-4-2)19-18(20-14-16-11-8-12-23-16)26-17(21-19)13-15-9-6-5-7-10-15/h5-12,20H,3-4,13-14H2,1-2H3. The van der Waals surface area contributed by atoms with Gasteiger partial charge in [0.1, 0.15) is 5.76 Å². The molecule has 0 bridgehead atoms.